The van der Waals surface area contributed by atoms with Gasteiger partial charge in [-0.3, -0.25) is 9.59 Å². The van der Waals surface area contributed by atoms with Crippen LogP contribution in [0.2, 0.25) is 0 Å². The molecule has 1 aromatic heterocycles. The standard InChI is InChI=1S/C18H23N3O4/c1-11(2)17-16(12(3)20-25-17)18(23)19-13-6-8-14(9-7-13)24-10-15(22)21(4)5/h6-9,11H,10H2,1-5H3,(H,19,23). The SMILES string of the molecule is Cc1noc(C(C)C)c1C(=O)Nc1ccc(OCC(=O)N(C)C)cc1. The monoisotopic (exact) mass is 345 g/mol. The van der Waals surface area contributed by atoms with Gasteiger partial charge >= 0.3 is 0 Å². The zero-order chi connectivity index (χ0) is 18.6. The van der Waals surface area contributed by atoms with Gasteiger partial charge in [0.15, 0.2) is 12.4 Å². The molecular formula is C18H23N3O4. The second-order valence-electron chi connectivity index (χ2n) is 6.22. The summed E-state index contributed by atoms with van der Waals surface area (Å²) >= 11 is 0. The fraction of sp³-hybridized carbons (Fsp3) is 0.389. The van der Waals surface area contributed by atoms with Gasteiger partial charge in [-0.2, -0.15) is 0 Å². The van der Waals surface area contributed by atoms with Crippen LogP contribution >= 0.6 is 0 Å². The number of ether oxygens (including phenoxy) is 1. The zero-order valence-corrected chi connectivity index (χ0v) is 15.1. The summed E-state index contributed by atoms with van der Waals surface area (Å²) in [5, 5.41) is 6.70. The molecule has 0 radical (unpaired) electrons. The molecular weight excluding hydrogens is 322 g/mol. The Hall–Kier alpha value is -2.83. The Morgan fingerprint density at radius 1 is 1.24 bits per heavy atom. The fourth-order valence-electron chi connectivity index (χ4n) is 2.16. The Balaban J connectivity index is 2.03. The van der Waals surface area contributed by atoms with Gasteiger partial charge in [-0.1, -0.05) is 19.0 Å². The third-order valence-corrected chi connectivity index (χ3v) is 3.61. The lowest BCUT2D eigenvalue weighted by Crippen LogP contribution is -2.27. The first-order valence-electron chi connectivity index (χ1n) is 8.00. The van der Waals surface area contributed by atoms with Gasteiger partial charge in [0, 0.05) is 25.7 Å². The van der Waals surface area contributed by atoms with Crippen LogP contribution in [0, 0.1) is 6.92 Å². The van der Waals surface area contributed by atoms with Crippen molar-refractivity contribution in [2.75, 3.05) is 26.0 Å². The van der Waals surface area contributed by atoms with E-state index in [1.807, 2.05) is 13.8 Å². The first kappa shape index (κ1) is 18.5. The van der Waals surface area contributed by atoms with Crippen LogP contribution in [0.5, 0.6) is 5.75 Å². The predicted octanol–water partition coefficient (Wildman–Crippen LogP) is 2.83. The van der Waals surface area contributed by atoms with Crippen LogP contribution in [0.4, 0.5) is 5.69 Å². The number of hydrogen-bond acceptors (Lipinski definition) is 5. The molecule has 1 N–H and O–H groups in total. The zero-order valence-electron chi connectivity index (χ0n) is 15.1. The number of nitrogens with zero attached hydrogens (tertiary/aromatic N) is 2. The molecule has 0 fully saturated rings. The quantitative estimate of drug-likeness (QED) is 0.870. The highest BCUT2D eigenvalue weighted by Gasteiger charge is 2.22. The van der Waals surface area contributed by atoms with Crippen LogP contribution < -0.4 is 10.1 Å². The Labute approximate surface area is 146 Å². The van der Waals surface area contributed by atoms with E-state index < -0.39 is 0 Å². The Kier molecular flexibility index (Phi) is 5.80. The number of carbonyl (C=O) groups is 2. The van der Waals surface area contributed by atoms with E-state index in [0.29, 0.717) is 28.5 Å². The lowest BCUT2D eigenvalue weighted by atomic mass is 10.0. The van der Waals surface area contributed by atoms with Crippen LogP contribution in [0.25, 0.3) is 0 Å². The molecule has 7 nitrogen and oxygen atoms in total. The van der Waals surface area contributed by atoms with E-state index in [4.69, 9.17) is 9.26 Å². The summed E-state index contributed by atoms with van der Waals surface area (Å²) in [6, 6.07) is 6.82. The van der Waals surface area contributed by atoms with Gasteiger partial charge in [-0.15, -0.1) is 0 Å². The molecule has 1 heterocycles. The number of benzene rings is 1. The first-order chi connectivity index (χ1) is 11.8. The summed E-state index contributed by atoms with van der Waals surface area (Å²) < 4.78 is 10.6. The van der Waals surface area contributed by atoms with E-state index in [1.165, 1.54) is 4.90 Å². The van der Waals surface area contributed by atoms with Crippen LogP contribution in [0.15, 0.2) is 28.8 Å². The number of hydrogen-bond donors (Lipinski definition) is 1. The summed E-state index contributed by atoms with van der Waals surface area (Å²) in [7, 11) is 3.34. The van der Waals surface area contributed by atoms with Gasteiger partial charge in [-0.05, 0) is 31.2 Å². The maximum absolute atomic E-state index is 12.5. The minimum Gasteiger partial charge on any atom is -0.484 e. The van der Waals surface area contributed by atoms with E-state index in [-0.39, 0.29) is 24.3 Å². The van der Waals surface area contributed by atoms with Gasteiger partial charge in [0.2, 0.25) is 0 Å². The smallest absolute Gasteiger partial charge is 0.261 e. The molecule has 0 atom stereocenters. The molecule has 0 aliphatic heterocycles. The molecule has 0 bridgehead atoms. The molecule has 0 saturated carbocycles. The molecule has 0 aliphatic carbocycles. The summed E-state index contributed by atoms with van der Waals surface area (Å²) in [6.07, 6.45) is 0. The summed E-state index contributed by atoms with van der Waals surface area (Å²) in [6.45, 7) is 5.59. The molecule has 134 valence electrons. The first-order valence-corrected chi connectivity index (χ1v) is 8.00. The maximum Gasteiger partial charge on any atom is 0.261 e. The van der Waals surface area contributed by atoms with Gasteiger partial charge < -0.3 is 19.5 Å². The minimum atomic E-state index is -0.265. The van der Waals surface area contributed by atoms with Gasteiger partial charge in [0.05, 0.1) is 5.69 Å². The Bertz CT molecular complexity index is 748. The Morgan fingerprint density at radius 2 is 1.88 bits per heavy atom. The van der Waals surface area contributed by atoms with Crippen molar-refractivity contribution in [3.63, 3.8) is 0 Å². The largest absolute Gasteiger partial charge is 0.484 e. The predicted molar refractivity (Wildman–Crippen MR) is 93.9 cm³/mol. The Morgan fingerprint density at radius 3 is 2.44 bits per heavy atom. The van der Waals surface area contributed by atoms with Crippen molar-refractivity contribution in [2.24, 2.45) is 0 Å². The number of rotatable bonds is 6. The molecule has 1 aromatic carbocycles. The highest BCUT2D eigenvalue weighted by molar-refractivity contribution is 6.05. The van der Waals surface area contributed by atoms with Crippen molar-refractivity contribution >= 4 is 17.5 Å². The van der Waals surface area contributed by atoms with Crippen molar-refractivity contribution in [2.45, 2.75) is 26.7 Å². The molecule has 2 amide bonds. The molecule has 0 spiro atoms. The number of aromatic nitrogens is 1. The summed E-state index contributed by atoms with van der Waals surface area (Å²) in [5.41, 5.74) is 1.64. The third kappa shape index (κ3) is 4.59. The molecule has 2 rings (SSSR count). The van der Waals surface area contributed by atoms with Crippen molar-refractivity contribution < 1.29 is 18.8 Å². The average Bonchev–Trinajstić information content (AvgIpc) is 2.95. The van der Waals surface area contributed by atoms with E-state index in [0.717, 1.165) is 0 Å². The average molecular weight is 345 g/mol. The molecule has 25 heavy (non-hydrogen) atoms. The van der Waals surface area contributed by atoms with E-state index >= 15 is 0 Å². The van der Waals surface area contributed by atoms with Gasteiger partial charge in [0.25, 0.3) is 11.8 Å². The maximum atomic E-state index is 12.5. The second-order valence-corrected chi connectivity index (χ2v) is 6.22. The summed E-state index contributed by atoms with van der Waals surface area (Å²) in [4.78, 5) is 25.5. The van der Waals surface area contributed by atoms with Crippen molar-refractivity contribution in [3.05, 3.63) is 41.3 Å². The van der Waals surface area contributed by atoms with Crippen molar-refractivity contribution in [1.82, 2.24) is 10.1 Å². The number of nitrogens with one attached hydrogen (secondary N) is 1. The molecule has 7 heteroatoms. The number of aryl methyl sites for hydroxylation is 1. The van der Waals surface area contributed by atoms with Crippen molar-refractivity contribution in [1.29, 1.82) is 0 Å². The van der Waals surface area contributed by atoms with E-state index in [1.54, 1.807) is 45.3 Å². The van der Waals surface area contributed by atoms with Gasteiger partial charge in [0.1, 0.15) is 11.3 Å². The highest BCUT2D eigenvalue weighted by atomic mass is 16.5. The minimum absolute atomic E-state index is 0.0314. The van der Waals surface area contributed by atoms with E-state index in [9.17, 15) is 9.59 Å². The van der Waals surface area contributed by atoms with Crippen molar-refractivity contribution in [3.8, 4) is 5.75 Å². The summed E-state index contributed by atoms with van der Waals surface area (Å²) in [5.74, 6) is 0.793. The van der Waals surface area contributed by atoms with Crippen LogP contribution in [0.3, 0.4) is 0 Å². The third-order valence-electron chi connectivity index (χ3n) is 3.61. The lowest BCUT2D eigenvalue weighted by molar-refractivity contribution is -0.130. The van der Waals surface area contributed by atoms with Crippen LogP contribution in [0.1, 0.15) is 41.6 Å². The number of anilines is 1. The fourth-order valence-corrected chi connectivity index (χ4v) is 2.16. The number of carbonyl (C=O) groups excluding carboxylic acids is 2. The molecule has 0 aliphatic rings. The molecule has 2 aromatic rings. The highest BCUT2D eigenvalue weighted by Crippen LogP contribution is 2.24. The van der Waals surface area contributed by atoms with Crippen LogP contribution in [-0.4, -0.2) is 42.6 Å². The number of likely N-dealkylation sites (N-methyl/N-ethyl adjacent to an activating group) is 1. The van der Waals surface area contributed by atoms with E-state index in [2.05, 4.69) is 10.5 Å². The topological polar surface area (TPSA) is 84.7 Å². The van der Waals surface area contributed by atoms with Crippen LogP contribution in [-0.2, 0) is 4.79 Å². The number of amides is 2. The molecule has 0 saturated heterocycles. The normalized spacial score (nSPS) is 10.6. The second kappa shape index (κ2) is 7.83. The lowest BCUT2D eigenvalue weighted by Gasteiger charge is -2.12. The van der Waals surface area contributed by atoms with Gasteiger partial charge in [-0.25, -0.2) is 0 Å². The molecule has 0 unspecified atom stereocenters.